The smallest absolute Gasteiger partial charge is 0.129 e. The molecule has 0 aliphatic rings. The van der Waals surface area contributed by atoms with Crippen LogP contribution in [0.3, 0.4) is 0 Å². The first-order valence-electron chi connectivity index (χ1n) is 6.25. The third-order valence-electron chi connectivity index (χ3n) is 2.71. The fourth-order valence-corrected chi connectivity index (χ4v) is 1.51. The number of benzene rings is 1. The Balaban J connectivity index is 2.28. The molecule has 1 rings (SSSR count). The minimum atomic E-state index is -0.209. The minimum Gasteiger partial charge on any atom is -0.493 e. The van der Waals surface area contributed by atoms with Crippen molar-refractivity contribution in [2.75, 3.05) is 13.2 Å². The van der Waals surface area contributed by atoms with E-state index in [2.05, 4.69) is 19.2 Å². The van der Waals surface area contributed by atoms with Crippen molar-refractivity contribution in [2.45, 2.75) is 39.7 Å². The number of nitrogens with one attached hydrogen (secondary N) is 1. The van der Waals surface area contributed by atoms with E-state index >= 15 is 0 Å². The third-order valence-corrected chi connectivity index (χ3v) is 2.71. The van der Waals surface area contributed by atoms with Crippen LogP contribution >= 0.6 is 0 Å². The Morgan fingerprint density at radius 1 is 1.41 bits per heavy atom. The molecule has 0 aliphatic carbocycles. The highest BCUT2D eigenvalue weighted by atomic mass is 19.1. The second kappa shape index (κ2) is 7.28. The number of halogens is 1. The predicted octanol–water partition coefficient (Wildman–Crippen LogP) is 3.29. The Morgan fingerprint density at radius 2 is 2.18 bits per heavy atom. The lowest BCUT2D eigenvalue weighted by Gasteiger charge is -2.13. The lowest BCUT2D eigenvalue weighted by molar-refractivity contribution is 0.289. The molecule has 1 N–H and O–H groups in total. The van der Waals surface area contributed by atoms with Gasteiger partial charge in [0.1, 0.15) is 11.6 Å². The molecule has 0 radical (unpaired) electrons. The first-order chi connectivity index (χ1) is 8.13. The summed E-state index contributed by atoms with van der Waals surface area (Å²) in [6, 6.07) is 5.43. The minimum absolute atomic E-state index is 0.209. The maximum atomic E-state index is 13.2. The van der Waals surface area contributed by atoms with E-state index in [4.69, 9.17) is 4.74 Å². The van der Waals surface area contributed by atoms with E-state index in [1.165, 1.54) is 6.07 Å². The third kappa shape index (κ3) is 5.18. The summed E-state index contributed by atoms with van der Waals surface area (Å²) in [5, 5.41) is 3.38. The largest absolute Gasteiger partial charge is 0.493 e. The van der Waals surface area contributed by atoms with Gasteiger partial charge in [-0.15, -0.1) is 0 Å². The van der Waals surface area contributed by atoms with E-state index in [1.54, 1.807) is 13.0 Å². The normalized spacial score (nSPS) is 12.5. The molecule has 0 aromatic heterocycles. The van der Waals surface area contributed by atoms with Gasteiger partial charge in [0.25, 0.3) is 0 Å². The summed E-state index contributed by atoms with van der Waals surface area (Å²) in [5.74, 6) is 0.399. The lowest BCUT2D eigenvalue weighted by Crippen LogP contribution is -2.28. The van der Waals surface area contributed by atoms with Gasteiger partial charge in [0.05, 0.1) is 6.61 Å². The Kier molecular flexibility index (Phi) is 5.98. The number of aryl methyl sites for hydroxylation is 1. The van der Waals surface area contributed by atoms with Crippen LogP contribution in [0.25, 0.3) is 0 Å². The summed E-state index contributed by atoms with van der Waals surface area (Å²) in [4.78, 5) is 0. The van der Waals surface area contributed by atoms with Gasteiger partial charge >= 0.3 is 0 Å². The van der Waals surface area contributed by atoms with Crippen LogP contribution in [0.15, 0.2) is 18.2 Å². The van der Waals surface area contributed by atoms with Crippen molar-refractivity contribution in [3.05, 3.63) is 29.6 Å². The molecule has 1 atom stereocenters. The van der Waals surface area contributed by atoms with Crippen LogP contribution in [-0.2, 0) is 0 Å². The molecule has 0 heterocycles. The van der Waals surface area contributed by atoms with Gasteiger partial charge in [-0.2, -0.15) is 0 Å². The maximum absolute atomic E-state index is 13.2. The van der Waals surface area contributed by atoms with Crippen LogP contribution < -0.4 is 10.1 Å². The Bertz CT molecular complexity index is 341. The number of hydrogen-bond acceptors (Lipinski definition) is 2. The first-order valence-corrected chi connectivity index (χ1v) is 6.25. The van der Waals surface area contributed by atoms with Crippen LogP contribution in [0.2, 0.25) is 0 Å². The zero-order valence-corrected chi connectivity index (χ0v) is 10.9. The van der Waals surface area contributed by atoms with Crippen molar-refractivity contribution in [1.29, 1.82) is 0 Å². The standard InChI is InChI=1S/C14H22FNO/c1-4-8-16-12(3)7-9-17-13-6-5-11(2)14(15)10-13/h5-6,10,12,16H,4,7-9H2,1-3H3. The summed E-state index contributed by atoms with van der Waals surface area (Å²) in [5.41, 5.74) is 0.648. The highest BCUT2D eigenvalue weighted by Gasteiger charge is 2.03. The van der Waals surface area contributed by atoms with Crippen LogP contribution in [0.4, 0.5) is 4.39 Å². The molecule has 96 valence electrons. The summed E-state index contributed by atoms with van der Waals surface area (Å²) in [7, 11) is 0. The van der Waals surface area contributed by atoms with E-state index in [1.807, 2.05) is 6.07 Å². The number of ether oxygens (including phenoxy) is 1. The highest BCUT2D eigenvalue weighted by molar-refractivity contribution is 5.27. The Morgan fingerprint density at radius 3 is 2.82 bits per heavy atom. The average Bonchev–Trinajstić information content (AvgIpc) is 2.31. The molecule has 0 saturated heterocycles. The zero-order chi connectivity index (χ0) is 12.7. The van der Waals surface area contributed by atoms with Crippen molar-refractivity contribution in [3.8, 4) is 5.75 Å². The summed E-state index contributed by atoms with van der Waals surface area (Å²) < 4.78 is 18.8. The molecule has 0 aliphatic heterocycles. The quantitative estimate of drug-likeness (QED) is 0.788. The molecule has 0 fully saturated rings. The van der Waals surface area contributed by atoms with Crippen LogP contribution in [0.5, 0.6) is 5.75 Å². The topological polar surface area (TPSA) is 21.3 Å². The summed E-state index contributed by atoms with van der Waals surface area (Å²) in [6.07, 6.45) is 2.06. The fourth-order valence-electron chi connectivity index (χ4n) is 1.51. The van der Waals surface area contributed by atoms with Gasteiger partial charge in [-0.1, -0.05) is 13.0 Å². The first kappa shape index (κ1) is 14.0. The molecule has 0 amide bonds. The van der Waals surface area contributed by atoms with Crippen molar-refractivity contribution in [2.24, 2.45) is 0 Å². The van der Waals surface area contributed by atoms with Crippen LogP contribution in [0, 0.1) is 12.7 Å². The Labute approximate surface area is 103 Å². The molecule has 1 aromatic rings. The molecular formula is C14H22FNO. The van der Waals surface area contributed by atoms with Crippen molar-refractivity contribution in [1.82, 2.24) is 5.32 Å². The predicted molar refractivity (Wildman–Crippen MR) is 69.0 cm³/mol. The maximum Gasteiger partial charge on any atom is 0.129 e. The van der Waals surface area contributed by atoms with E-state index in [9.17, 15) is 4.39 Å². The SMILES string of the molecule is CCCNC(C)CCOc1ccc(C)c(F)c1. The van der Waals surface area contributed by atoms with Crippen molar-refractivity contribution in [3.63, 3.8) is 0 Å². The van der Waals surface area contributed by atoms with Gasteiger partial charge in [0, 0.05) is 12.1 Å². The van der Waals surface area contributed by atoms with E-state index in [0.717, 1.165) is 19.4 Å². The molecule has 0 saturated carbocycles. The molecular weight excluding hydrogens is 217 g/mol. The van der Waals surface area contributed by atoms with E-state index in [0.29, 0.717) is 24.0 Å². The van der Waals surface area contributed by atoms with Gasteiger partial charge in [0.15, 0.2) is 0 Å². The molecule has 1 unspecified atom stereocenters. The molecule has 0 bridgehead atoms. The van der Waals surface area contributed by atoms with Gasteiger partial charge in [-0.25, -0.2) is 4.39 Å². The van der Waals surface area contributed by atoms with Crippen LogP contribution in [-0.4, -0.2) is 19.2 Å². The van der Waals surface area contributed by atoms with Crippen molar-refractivity contribution >= 4 is 0 Å². The molecule has 2 nitrogen and oxygen atoms in total. The van der Waals surface area contributed by atoms with Crippen LogP contribution in [0.1, 0.15) is 32.3 Å². The van der Waals surface area contributed by atoms with Gasteiger partial charge in [0.2, 0.25) is 0 Å². The van der Waals surface area contributed by atoms with E-state index in [-0.39, 0.29) is 5.82 Å². The fraction of sp³-hybridized carbons (Fsp3) is 0.571. The molecule has 3 heteroatoms. The molecule has 0 spiro atoms. The highest BCUT2D eigenvalue weighted by Crippen LogP contribution is 2.16. The number of hydrogen-bond donors (Lipinski definition) is 1. The summed E-state index contributed by atoms with van der Waals surface area (Å²) in [6.45, 7) is 7.66. The Hall–Kier alpha value is -1.09. The zero-order valence-electron chi connectivity index (χ0n) is 10.9. The monoisotopic (exact) mass is 239 g/mol. The van der Waals surface area contributed by atoms with Crippen molar-refractivity contribution < 1.29 is 9.13 Å². The molecule has 17 heavy (non-hydrogen) atoms. The average molecular weight is 239 g/mol. The second-order valence-corrected chi connectivity index (χ2v) is 4.40. The van der Waals surface area contributed by atoms with E-state index < -0.39 is 0 Å². The lowest BCUT2D eigenvalue weighted by atomic mass is 10.2. The van der Waals surface area contributed by atoms with Gasteiger partial charge < -0.3 is 10.1 Å². The molecule has 1 aromatic carbocycles. The number of rotatable bonds is 7. The second-order valence-electron chi connectivity index (χ2n) is 4.40. The van der Waals surface area contributed by atoms with Gasteiger partial charge in [-0.3, -0.25) is 0 Å². The van der Waals surface area contributed by atoms with Gasteiger partial charge in [-0.05, 0) is 44.9 Å². The summed E-state index contributed by atoms with van der Waals surface area (Å²) >= 11 is 0.